The standard InChI is InChI=1S/C54H94O27/c1-9-23-11-12-24(21(2)3)46(81-50-44(70)39(65)35(61)29(77-50)20-74-48-42(68)37(63)33(59)27(16-55)75-48)54(8)25(14-15-53(23,54)7)22(4)10-13-31(52(5,6)71)79-51-45(80-49-43(69)38(64)34(60)28(17-56)76-49)40(66)36(62)30(78-51)19-73-47-41(67)32(58)26(57)18-72-47/h12,21-23,25-51,55-71H,9-11,13-20H2,1-8H3/t22-,23+,25-,26-,27?,28?,29?,30?,31-,32?,33-,34-,35-,36-,37?,38?,39?,40?,41?,42?,43?,44?,45?,46?,47+,48-,49+,50+,51+,53+,54+/m1/s1. The monoisotopic (exact) mass is 1170 g/mol. The van der Waals surface area contributed by atoms with Crippen LogP contribution in [-0.2, 0) is 47.4 Å². The number of hydrogen-bond acceptors (Lipinski definition) is 27. The van der Waals surface area contributed by atoms with Gasteiger partial charge in [0, 0.05) is 5.41 Å². The van der Waals surface area contributed by atoms with Gasteiger partial charge in [0.15, 0.2) is 31.5 Å². The van der Waals surface area contributed by atoms with Crippen molar-refractivity contribution in [3.8, 4) is 0 Å². The lowest BCUT2D eigenvalue weighted by Gasteiger charge is -2.55. The van der Waals surface area contributed by atoms with E-state index < -0.39 is 209 Å². The van der Waals surface area contributed by atoms with Crippen LogP contribution < -0.4 is 0 Å². The van der Waals surface area contributed by atoms with Crippen molar-refractivity contribution in [2.75, 3.05) is 33.0 Å². The van der Waals surface area contributed by atoms with E-state index >= 15 is 0 Å². The summed E-state index contributed by atoms with van der Waals surface area (Å²) >= 11 is 0. The van der Waals surface area contributed by atoms with Gasteiger partial charge in [0.25, 0.3) is 0 Å². The molecule has 7 aliphatic rings. The number of aliphatic hydroxyl groups excluding tert-OH is 16. The van der Waals surface area contributed by atoms with Crippen LogP contribution in [0.4, 0.5) is 0 Å². The molecule has 6 fully saturated rings. The molecule has 5 saturated heterocycles. The van der Waals surface area contributed by atoms with Crippen LogP contribution >= 0.6 is 0 Å². The molecule has 0 spiro atoms. The summed E-state index contributed by atoms with van der Waals surface area (Å²) in [6.07, 6.45) is -36.6. The predicted molar refractivity (Wildman–Crippen MR) is 274 cm³/mol. The Kier molecular flexibility index (Phi) is 22.7. The fourth-order valence-corrected chi connectivity index (χ4v) is 13.6. The van der Waals surface area contributed by atoms with Crippen molar-refractivity contribution in [2.24, 2.45) is 34.5 Å². The van der Waals surface area contributed by atoms with E-state index in [1.807, 2.05) is 13.8 Å². The van der Waals surface area contributed by atoms with E-state index in [9.17, 15) is 86.8 Å². The normalized spacial score (nSPS) is 49.0. The van der Waals surface area contributed by atoms with Crippen LogP contribution in [0.3, 0.4) is 0 Å². The summed E-state index contributed by atoms with van der Waals surface area (Å²) in [5, 5.41) is 183. The molecule has 0 bridgehead atoms. The van der Waals surface area contributed by atoms with Gasteiger partial charge in [-0.3, -0.25) is 0 Å². The topological polar surface area (TPSA) is 436 Å². The molecule has 472 valence electrons. The Morgan fingerprint density at radius 2 is 1.07 bits per heavy atom. The molecule has 5 heterocycles. The highest BCUT2D eigenvalue weighted by Gasteiger charge is 2.65. The maximum atomic E-state index is 11.9. The van der Waals surface area contributed by atoms with Gasteiger partial charge in [0.05, 0.1) is 50.8 Å². The maximum absolute atomic E-state index is 11.9. The SMILES string of the molecule is CC[C@H]1CC=C(C(C)C)C(O[C@@H]2OC(CO[C@@H]3OC(CO)[C@@H](O)C(O)C3O)[C@@H](O)C(O)C2O)[C@]2(C)[C@@H]([C@H](C)CC[C@@H](O[C@@H]3OC(CO[C@@H]4OC[C@@H](O)C(O)C4O)[C@@H](O)C(O)C3O[C@@H]3OC(CO)[C@@H](O)C(O)C3O)C(C)(C)O)CC[C@@]12C. The van der Waals surface area contributed by atoms with Crippen LogP contribution in [0.5, 0.6) is 0 Å². The van der Waals surface area contributed by atoms with Crippen molar-refractivity contribution < 1.29 is 134 Å². The molecule has 0 aromatic rings. The average Bonchev–Trinajstić information content (AvgIpc) is 2.45. The van der Waals surface area contributed by atoms with Gasteiger partial charge >= 0.3 is 0 Å². The highest BCUT2D eigenvalue weighted by Crippen LogP contribution is 2.68. The Morgan fingerprint density at radius 1 is 0.593 bits per heavy atom. The fourth-order valence-electron chi connectivity index (χ4n) is 13.6. The van der Waals surface area contributed by atoms with Crippen LogP contribution in [-0.4, -0.2) is 285 Å². The van der Waals surface area contributed by atoms with E-state index in [1.54, 1.807) is 0 Å². The summed E-state index contributed by atoms with van der Waals surface area (Å²) in [5.41, 5.74) is -1.94. The Labute approximate surface area is 471 Å². The molecule has 27 heteroatoms. The van der Waals surface area contributed by atoms with Crippen LogP contribution in [0, 0.1) is 34.5 Å². The average molecular weight is 1180 g/mol. The number of rotatable bonds is 21. The fraction of sp³-hybridized carbons (Fsp3) is 0.963. The third-order valence-corrected chi connectivity index (χ3v) is 19.1. The number of hydrogen-bond donors (Lipinski definition) is 17. The summed E-state index contributed by atoms with van der Waals surface area (Å²) < 4.78 is 60.0. The van der Waals surface area contributed by atoms with Crippen LogP contribution in [0.1, 0.15) is 93.9 Å². The smallest absolute Gasteiger partial charge is 0.187 e. The van der Waals surface area contributed by atoms with E-state index in [0.29, 0.717) is 19.3 Å². The largest absolute Gasteiger partial charge is 0.394 e. The molecular formula is C54H94O27. The quantitative estimate of drug-likeness (QED) is 0.0479. The Morgan fingerprint density at radius 3 is 1.62 bits per heavy atom. The molecule has 17 N–H and O–H groups in total. The van der Waals surface area contributed by atoms with Crippen molar-refractivity contribution in [3.05, 3.63) is 11.6 Å². The van der Waals surface area contributed by atoms with Crippen LogP contribution in [0.25, 0.3) is 0 Å². The first-order valence-corrected chi connectivity index (χ1v) is 28.6. The summed E-state index contributed by atoms with van der Waals surface area (Å²) in [7, 11) is 0. The molecule has 0 radical (unpaired) electrons. The molecule has 0 aromatic carbocycles. The molecule has 0 amide bonds. The lowest BCUT2D eigenvalue weighted by Crippen LogP contribution is -2.65. The zero-order valence-electron chi connectivity index (χ0n) is 47.4. The summed E-state index contributed by atoms with van der Waals surface area (Å²) in [6, 6.07) is 0. The lowest BCUT2D eigenvalue weighted by molar-refractivity contribution is -0.379. The molecular weight excluding hydrogens is 1080 g/mol. The first-order chi connectivity index (χ1) is 38.0. The molecule has 7 rings (SSSR count). The summed E-state index contributed by atoms with van der Waals surface area (Å²) in [5.74, 6) is -0.308. The number of fused-ring (bicyclic) bond motifs is 1. The van der Waals surface area contributed by atoms with E-state index in [1.165, 1.54) is 13.8 Å². The van der Waals surface area contributed by atoms with Gasteiger partial charge in [-0.05, 0) is 80.6 Å². The highest BCUT2D eigenvalue weighted by atomic mass is 16.8. The molecule has 0 aromatic heterocycles. The van der Waals surface area contributed by atoms with E-state index in [0.717, 1.165) is 18.4 Å². The zero-order valence-corrected chi connectivity index (χ0v) is 47.4. The van der Waals surface area contributed by atoms with Gasteiger partial charge in [0.2, 0.25) is 0 Å². The minimum Gasteiger partial charge on any atom is -0.394 e. The van der Waals surface area contributed by atoms with Crippen molar-refractivity contribution in [3.63, 3.8) is 0 Å². The van der Waals surface area contributed by atoms with Crippen LogP contribution in [0.2, 0.25) is 0 Å². The number of aliphatic hydroxyl groups is 17. The third-order valence-electron chi connectivity index (χ3n) is 19.1. The first kappa shape index (κ1) is 67.2. The van der Waals surface area contributed by atoms with Crippen molar-refractivity contribution in [1.29, 1.82) is 0 Å². The summed E-state index contributed by atoms with van der Waals surface area (Å²) in [6.45, 7) is 12.5. The van der Waals surface area contributed by atoms with Crippen molar-refractivity contribution in [2.45, 2.75) is 259 Å². The molecule has 27 nitrogen and oxygen atoms in total. The third kappa shape index (κ3) is 13.6. The van der Waals surface area contributed by atoms with Gasteiger partial charge in [0.1, 0.15) is 116 Å². The molecule has 1 saturated carbocycles. The van der Waals surface area contributed by atoms with Gasteiger partial charge < -0.3 is 134 Å². The maximum Gasteiger partial charge on any atom is 0.187 e. The van der Waals surface area contributed by atoms with E-state index in [-0.39, 0.29) is 30.1 Å². The second kappa shape index (κ2) is 27.4. The second-order valence-electron chi connectivity index (χ2n) is 24.8. The van der Waals surface area contributed by atoms with Crippen LogP contribution in [0.15, 0.2) is 11.6 Å². The predicted octanol–water partition coefficient (Wildman–Crippen LogP) is -4.91. The van der Waals surface area contributed by atoms with Crippen molar-refractivity contribution >= 4 is 0 Å². The molecule has 81 heavy (non-hydrogen) atoms. The van der Waals surface area contributed by atoms with Gasteiger partial charge in [-0.1, -0.05) is 54.0 Å². The minimum absolute atomic E-state index is 0.103. The van der Waals surface area contributed by atoms with Crippen molar-refractivity contribution in [1.82, 2.24) is 0 Å². The first-order valence-electron chi connectivity index (χ1n) is 28.6. The number of allylic oxidation sites excluding steroid dienone is 1. The molecule has 15 unspecified atom stereocenters. The molecule has 2 aliphatic carbocycles. The van der Waals surface area contributed by atoms with Gasteiger partial charge in [-0.2, -0.15) is 0 Å². The zero-order chi connectivity index (χ0) is 60.0. The minimum atomic E-state index is -1.95. The van der Waals surface area contributed by atoms with Gasteiger partial charge in [-0.25, -0.2) is 0 Å². The molecule has 5 aliphatic heterocycles. The second-order valence-corrected chi connectivity index (χ2v) is 24.8. The number of ether oxygens (including phenoxy) is 10. The highest BCUT2D eigenvalue weighted by molar-refractivity contribution is 5.26. The van der Waals surface area contributed by atoms with Gasteiger partial charge in [-0.15, -0.1) is 0 Å². The van der Waals surface area contributed by atoms with E-state index in [4.69, 9.17) is 47.4 Å². The lowest BCUT2D eigenvalue weighted by atomic mass is 9.53. The Hall–Kier alpha value is -1.34. The Bertz CT molecular complexity index is 2000. The summed E-state index contributed by atoms with van der Waals surface area (Å²) in [4.78, 5) is 0. The molecule has 31 atom stereocenters. The van der Waals surface area contributed by atoms with E-state index in [2.05, 4.69) is 33.8 Å². The Balaban J connectivity index is 1.14.